The van der Waals surface area contributed by atoms with Crippen LogP contribution in [0.4, 0.5) is 0 Å². The lowest BCUT2D eigenvalue weighted by Gasteiger charge is -2.34. The topological polar surface area (TPSA) is 26.3 Å². The van der Waals surface area contributed by atoms with Gasteiger partial charge in [-0.25, -0.2) is 0 Å². The standard InChI is InChI=1S/C24H30O2S/c1-15(2)12-18-13-19(24(4,5)6)14-20-21(18)26-23(16(3)25)27-22(20)17-10-8-7-9-11-17/h7-11,13-15,22-23H,12H2,1-6H3. The van der Waals surface area contributed by atoms with Crippen LogP contribution in [-0.4, -0.2) is 11.2 Å². The van der Waals surface area contributed by atoms with E-state index in [4.69, 9.17) is 4.74 Å². The number of hydrogen-bond acceptors (Lipinski definition) is 3. The van der Waals surface area contributed by atoms with E-state index in [0.717, 1.165) is 12.2 Å². The molecule has 0 aliphatic carbocycles. The zero-order valence-electron chi connectivity index (χ0n) is 17.2. The normalized spacial score (nSPS) is 19.5. The summed E-state index contributed by atoms with van der Waals surface area (Å²) in [5.74, 6) is 1.51. The first-order chi connectivity index (χ1) is 12.7. The first-order valence-corrected chi connectivity index (χ1v) is 10.7. The maximum Gasteiger partial charge on any atom is 0.203 e. The Kier molecular flexibility index (Phi) is 5.71. The van der Waals surface area contributed by atoms with Gasteiger partial charge in [0.1, 0.15) is 5.75 Å². The number of thioether (sulfide) groups is 1. The zero-order valence-corrected chi connectivity index (χ0v) is 18.0. The van der Waals surface area contributed by atoms with E-state index >= 15 is 0 Å². The van der Waals surface area contributed by atoms with Gasteiger partial charge in [0.25, 0.3) is 0 Å². The van der Waals surface area contributed by atoms with Gasteiger partial charge in [-0.3, -0.25) is 4.79 Å². The predicted octanol–water partition coefficient (Wildman–Crippen LogP) is 6.31. The lowest BCUT2D eigenvalue weighted by atomic mass is 9.82. The average Bonchev–Trinajstić information content (AvgIpc) is 2.60. The van der Waals surface area contributed by atoms with Crippen molar-refractivity contribution in [3.63, 3.8) is 0 Å². The minimum Gasteiger partial charge on any atom is -0.471 e. The Morgan fingerprint density at radius 3 is 2.37 bits per heavy atom. The molecule has 0 spiro atoms. The van der Waals surface area contributed by atoms with Crippen molar-refractivity contribution in [3.8, 4) is 5.75 Å². The smallest absolute Gasteiger partial charge is 0.203 e. The fourth-order valence-electron chi connectivity index (χ4n) is 3.47. The van der Waals surface area contributed by atoms with Crippen molar-refractivity contribution in [1.29, 1.82) is 0 Å². The molecule has 2 aromatic carbocycles. The van der Waals surface area contributed by atoms with Gasteiger partial charge in [0.2, 0.25) is 5.44 Å². The van der Waals surface area contributed by atoms with Crippen molar-refractivity contribution >= 4 is 17.5 Å². The Bertz CT molecular complexity index is 818. The number of carbonyl (C=O) groups excluding carboxylic acids is 1. The number of benzene rings is 2. The Labute approximate surface area is 167 Å². The molecule has 3 rings (SSSR count). The third-order valence-corrected chi connectivity index (χ3v) is 6.36. The summed E-state index contributed by atoms with van der Waals surface area (Å²) in [7, 11) is 0. The first-order valence-electron chi connectivity index (χ1n) is 9.71. The predicted molar refractivity (Wildman–Crippen MR) is 115 cm³/mol. The molecular formula is C24H30O2S. The largest absolute Gasteiger partial charge is 0.471 e. The molecule has 0 amide bonds. The fraction of sp³-hybridized carbons (Fsp3) is 0.458. The monoisotopic (exact) mass is 382 g/mol. The second-order valence-electron chi connectivity index (χ2n) is 8.89. The molecule has 2 aromatic rings. The van der Waals surface area contributed by atoms with Crippen LogP contribution in [0.2, 0.25) is 0 Å². The van der Waals surface area contributed by atoms with Gasteiger partial charge < -0.3 is 4.74 Å². The number of hydrogen-bond donors (Lipinski definition) is 0. The van der Waals surface area contributed by atoms with Gasteiger partial charge in [-0.1, -0.05) is 88.8 Å². The molecule has 0 saturated carbocycles. The quantitative estimate of drug-likeness (QED) is 0.619. The van der Waals surface area contributed by atoms with E-state index in [0.29, 0.717) is 5.92 Å². The number of Topliss-reactive ketones (excluding diaryl/α,β-unsaturated/α-hetero) is 1. The molecule has 0 N–H and O–H groups in total. The van der Waals surface area contributed by atoms with Crippen molar-refractivity contribution in [3.05, 3.63) is 64.7 Å². The number of ether oxygens (including phenoxy) is 1. The van der Waals surface area contributed by atoms with Crippen LogP contribution in [0.1, 0.15) is 69.0 Å². The van der Waals surface area contributed by atoms with E-state index in [-0.39, 0.29) is 16.4 Å². The highest BCUT2D eigenvalue weighted by Crippen LogP contribution is 2.50. The molecule has 2 nitrogen and oxygen atoms in total. The van der Waals surface area contributed by atoms with Gasteiger partial charge in [-0.2, -0.15) is 0 Å². The van der Waals surface area contributed by atoms with Crippen molar-refractivity contribution in [2.75, 3.05) is 0 Å². The minimum atomic E-state index is -0.450. The van der Waals surface area contributed by atoms with E-state index in [9.17, 15) is 4.79 Å². The number of rotatable bonds is 4. The average molecular weight is 383 g/mol. The van der Waals surface area contributed by atoms with Crippen molar-refractivity contribution in [1.82, 2.24) is 0 Å². The third kappa shape index (κ3) is 4.40. The van der Waals surface area contributed by atoms with Gasteiger partial charge in [0.05, 0.1) is 5.25 Å². The lowest BCUT2D eigenvalue weighted by molar-refractivity contribution is -0.120. The fourth-order valence-corrected chi connectivity index (χ4v) is 4.70. The van der Waals surface area contributed by atoms with Crippen molar-refractivity contribution in [2.45, 2.75) is 64.1 Å². The maximum atomic E-state index is 12.2. The van der Waals surface area contributed by atoms with Gasteiger partial charge in [-0.15, -0.1) is 0 Å². The van der Waals surface area contributed by atoms with Crippen LogP contribution in [0.3, 0.4) is 0 Å². The molecule has 0 aromatic heterocycles. The van der Waals surface area contributed by atoms with E-state index in [2.05, 4.69) is 71.0 Å². The van der Waals surface area contributed by atoms with E-state index in [1.54, 1.807) is 18.7 Å². The molecule has 3 heteroatoms. The maximum absolute atomic E-state index is 12.2. The highest BCUT2D eigenvalue weighted by molar-refractivity contribution is 8.00. The van der Waals surface area contributed by atoms with Crippen molar-refractivity contribution in [2.24, 2.45) is 5.92 Å². The number of fused-ring (bicyclic) bond motifs is 1. The van der Waals surface area contributed by atoms with Crippen LogP contribution in [0.15, 0.2) is 42.5 Å². The Balaban J connectivity index is 2.21. The highest BCUT2D eigenvalue weighted by Gasteiger charge is 2.35. The second-order valence-corrected chi connectivity index (χ2v) is 10.1. The second kappa shape index (κ2) is 7.71. The summed E-state index contributed by atoms with van der Waals surface area (Å²) in [6.45, 7) is 12.8. The molecule has 0 bridgehead atoms. The van der Waals surface area contributed by atoms with Crippen molar-refractivity contribution < 1.29 is 9.53 Å². The van der Waals surface area contributed by atoms with E-state index in [1.165, 1.54) is 22.3 Å². The van der Waals surface area contributed by atoms with Crippen LogP contribution < -0.4 is 4.74 Å². The summed E-state index contributed by atoms with van der Waals surface area (Å²) < 4.78 is 6.26. The Morgan fingerprint density at radius 2 is 1.81 bits per heavy atom. The molecule has 27 heavy (non-hydrogen) atoms. The van der Waals surface area contributed by atoms with Crippen LogP contribution >= 0.6 is 11.8 Å². The molecule has 0 fully saturated rings. The van der Waals surface area contributed by atoms with Crippen LogP contribution in [0.25, 0.3) is 0 Å². The van der Waals surface area contributed by atoms with Gasteiger partial charge in [-0.05, 0) is 41.4 Å². The van der Waals surface area contributed by atoms with E-state index < -0.39 is 5.44 Å². The van der Waals surface area contributed by atoms with Gasteiger partial charge in [0, 0.05) is 5.56 Å². The summed E-state index contributed by atoms with van der Waals surface area (Å²) in [6.07, 6.45) is 0.947. The molecule has 144 valence electrons. The first kappa shape index (κ1) is 20.0. The van der Waals surface area contributed by atoms with Crippen LogP contribution in [-0.2, 0) is 16.6 Å². The number of ketones is 1. The Morgan fingerprint density at radius 1 is 1.15 bits per heavy atom. The summed E-state index contributed by atoms with van der Waals surface area (Å²) in [6, 6.07) is 15.0. The number of carbonyl (C=O) groups is 1. The van der Waals surface area contributed by atoms with Crippen LogP contribution in [0, 0.1) is 5.92 Å². The molecule has 2 unspecified atom stereocenters. The third-order valence-electron chi connectivity index (χ3n) is 4.89. The minimum absolute atomic E-state index is 0.0596. The summed E-state index contributed by atoms with van der Waals surface area (Å²) in [5, 5.41) is 0.108. The van der Waals surface area contributed by atoms with Gasteiger partial charge >= 0.3 is 0 Å². The summed E-state index contributed by atoms with van der Waals surface area (Å²) >= 11 is 1.61. The molecule has 1 aliphatic rings. The zero-order chi connectivity index (χ0) is 19.8. The Hall–Kier alpha value is -1.74. The highest BCUT2D eigenvalue weighted by atomic mass is 32.2. The lowest BCUT2D eigenvalue weighted by Crippen LogP contribution is -2.29. The molecule has 0 radical (unpaired) electrons. The summed E-state index contributed by atoms with van der Waals surface area (Å²) in [4.78, 5) is 12.2. The van der Waals surface area contributed by atoms with Gasteiger partial charge in [0.15, 0.2) is 5.78 Å². The van der Waals surface area contributed by atoms with Crippen LogP contribution in [0.5, 0.6) is 5.75 Å². The molecule has 1 aliphatic heterocycles. The molecular weight excluding hydrogens is 352 g/mol. The molecule has 2 atom stereocenters. The summed E-state index contributed by atoms with van der Waals surface area (Å²) in [5.41, 5.74) is 4.58. The SMILES string of the molecule is CC(=O)C1Oc2c(CC(C)C)cc(C(C)(C)C)cc2C(c2ccccc2)S1. The van der Waals surface area contributed by atoms with E-state index in [1.807, 2.05) is 6.07 Å². The molecule has 0 saturated heterocycles. The molecule has 1 heterocycles.